The van der Waals surface area contributed by atoms with Gasteiger partial charge in [-0.3, -0.25) is 9.59 Å². The summed E-state index contributed by atoms with van der Waals surface area (Å²) in [6.45, 7) is 5.39. The number of amides is 1. The Kier molecular flexibility index (Phi) is 6.94. The topological polar surface area (TPSA) is 123 Å². The van der Waals surface area contributed by atoms with Gasteiger partial charge in [0, 0.05) is 6.20 Å². The Balaban J connectivity index is 2.28. The Labute approximate surface area is 160 Å². The van der Waals surface area contributed by atoms with Crippen molar-refractivity contribution in [2.45, 2.75) is 20.8 Å². The molecule has 0 unspecified atom stereocenters. The van der Waals surface area contributed by atoms with Crippen LogP contribution in [0.25, 0.3) is 5.82 Å². The molecule has 2 aromatic rings. The number of carbonyl (C=O) groups is 3. The van der Waals surface area contributed by atoms with E-state index in [1.807, 2.05) is 0 Å². The standard InChI is InChI=1S/C17H20N4O5S/c1-4-26-17(25)15-10(2)20-21(11(15)3)16-12(6-5-7-18-16)19-13(22)8-27-9-14(23)24/h5-7H,4,8-9H2,1-3H3,(H,19,22)(H,23,24). The first-order chi connectivity index (χ1) is 12.8. The highest BCUT2D eigenvalue weighted by Gasteiger charge is 2.22. The molecule has 0 radical (unpaired) electrons. The smallest absolute Gasteiger partial charge is 0.341 e. The Morgan fingerprint density at radius 1 is 1.30 bits per heavy atom. The van der Waals surface area contributed by atoms with E-state index in [-0.39, 0.29) is 24.0 Å². The summed E-state index contributed by atoms with van der Waals surface area (Å²) in [5.74, 6) is -1.62. The van der Waals surface area contributed by atoms with Gasteiger partial charge in [-0.15, -0.1) is 11.8 Å². The number of esters is 1. The summed E-state index contributed by atoms with van der Waals surface area (Å²) in [5, 5.41) is 15.7. The lowest BCUT2D eigenvalue weighted by Gasteiger charge is -2.11. The zero-order chi connectivity index (χ0) is 20.0. The SMILES string of the molecule is CCOC(=O)c1c(C)nn(-c2ncccc2NC(=O)CSCC(=O)O)c1C. The molecule has 1 amide bonds. The lowest BCUT2D eigenvalue weighted by Crippen LogP contribution is -2.18. The summed E-state index contributed by atoms with van der Waals surface area (Å²) in [6, 6.07) is 3.31. The van der Waals surface area contributed by atoms with E-state index in [9.17, 15) is 14.4 Å². The molecule has 0 aromatic carbocycles. The Bertz CT molecular complexity index is 865. The maximum atomic E-state index is 12.2. The molecule has 2 rings (SSSR count). The first-order valence-corrected chi connectivity index (χ1v) is 9.28. The highest BCUT2D eigenvalue weighted by atomic mass is 32.2. The summed E-state index contributed by atoms with van der Waals surface area (Å²) in [4.78, 5) is 39.0. The van der Waals surface area contributed by atoms with Gasteiger partial charge in [-0.1, -0.05) is 0 Å². The molecule has 0 fully saturated rings. The predicted molar refractivity (Wildman–Crippen MR) is 100 cm³/mol. The van der Waals surface area contributed by atoms with Gasteiger partial charge in [-0.25, -0.2) is 14.5 Å². The van der Waals surface area contributed by atoms with E-state index < -0.39 is 11.9 Å². The van der Waals surface area contributed by atoms with E-state index in [1.54, 1.807) is 39.1 Å². The molecule has 27 heavy (non-hydrogen) atoms. The fraction of sp³-hybridized carbons (Fsp3) is 0.353. The average Bonchev–Trinajstić information content (AvgIpc) is 2.89. The van der Waals surface area contributed by atoms with Crippen molar-refractivity contribution in [3.05, 3.63) is 35.3 Å². The second-order valence-electron chi connectivity index (χ2n) is 5.49. The lowest BCUT2D eigenvalue weighted by atomic mass is 10.2. The highest BCUT2D eigenvalue weighted by molar-refractivity contribution is 8.00. The third-order valence-corrected chi connectivity index (χ3v) is 4.41. The maximum absolute atomic E-state index is 12.2. The molecule has 0 bridgehead atoms. The Morgan fingerprint density at radius 2 is 2.04 bits per heavy atom. The number of carboxylic acid groups (broad SMARTS) is 1. The molecular formula is C17H20N4O5S. The summed E-state index contributed by atoms with van der Waals surface area (Å²) in [5.41, 5.74) is 1.79. The number of aliphatic carboxylic acids is 1. The van der Waals surface area contributed by atoms with E-state index in [0.717, 1.165) is 11.8 Å². The van der Waals surface area contributed by atoms with Gasteiger partial charge in [0.25, 0.3) is 0 Å². The van der Waals surface area contributed by atoms with Crippen molar-refractivity contribution < 1.29 is 24.2 Å². The molecule has 0 atom stereocenters. The van der Waals surface area contributed by atoms with E-state index in [2.05, 4.69) is 15.4 Å². The van der Waals surface area contributed by atoms with Crippen molar-refractivity contribution in [1.29, 1.82) is 0 Å². The fourth-order valence-corrected chi connectivity index (χ4v) is 2.96. The number of hydrogen-bond donors (Lipinski definition) is 2. The van der Waals surface area contributed by atoms with E-state index >= 15 is 0 Å². The monoisotopic (exact) mass is 392 g/mol. The second-order valence-corrected chi connectivity index (χ2v) is 6.47. The molecule has 2 heterocycles. The Morgan fingerprint density at radius 3 is 2.70 bits per heavy atom. The van der Waals surface area contributed by atoms with Crippen LogP contribution in [0.5, 0.6) is 0 Å². The number of nitrogens with zero attached hydrogens (tertiary/aromatic N) is 3. The number of aromatic nitrogens is 3. The van der Waals surface area contributed by atoms with Crippen LogP contribution >= 0.6 is 11.8 Å². The van der Waals surface area contributed by atoms with Crippen LogP contribution in [-0.2, 0) is 14.3 Å². The predicted octanol–water partition coefficient (Wildman–Crippen LogP) is 1.82. The minimum absolute atomic E-state index is 0.00811. The van der Waals surface area contributed by atoms with Gasteiger partial charge >= 0.3 is 11.9 Å². The number of carboxylic acids is 1. The maximum Gasteiger partial charge on any atom is 0.341 e. The van der Waals surface area contributed by atoms with Crippen molar-refractivity contribution in [1.82, 2.24) is 14.8 Å². The fourth-order valence-electron chi connectivity index (χ4n) is 2.43. The summed E-state index contributed by atoms with van der Waals surface area (Å²) in [6.07, 6.45) is 1.55. The highest BCUT2D eigenvalue weighted by Crippen LogP contribution is 2.23. The largest absolute Gasteiger partial charge is 0.481 e. The minimum Gasteiger partial charge on any atom is -0.481 e. The number of rotatable bonds is 8. The van der Waals surface area contributed by atoms with Crippen molar-refractivity contribution in [2.75, 3.05) is 23.4 Å². The molecule has 9 nitrogen and oxygen atoms in total. The molecule has 0 saturated carbocycles. The zero-order valence-corrected chi connectivity index (χ0v) is 16.0. The molecular weight excluding hydrogens is 372 g/mol. The molecule has 10 heteroatoms. The number of carbonyl (C=O) groups excluding carboxylic acids is 2. The lowest BCUT2D eigenvalue weighted by molar-refractivity contribution is -0.133. The number of thioether (sulfide) groups is 1. The van der Waals surface area contributed by atoms with Gasteiger partial charge in [0.1, 0.15) is 5.56 Å². The van der Waals surface area contributed by atoms with Crippen molar-refractivity contribution >= 4 is 35.3 Å². The third-order valence-electron chi connectivity index (χ3n) is 3.49. The van der Waals surface area contributed by atoms with Crippen LogP contribution in [0.1, 0.15) is 28.7 Å². The average molecular weight is 392 g/mol. The molecule has 0 spiro atoms. The van der Waals surface area contributed by atoms with Crippen LogP contribution in [0, 0.1) is 13.8 Å². The molecule has 0 aliphatic heterocycles. The van der Waals surface area contributed by atoms with Gasteiger partial charge < -0.3 is 15.2 Å². The van der Waals surface area contributed by atoms with Gasteiger partial charge in [-0.2, -0.15) is 5.10 Å². The number of pyridine rings is 1. The van der Waals surface area contributed by atoms with Crippen LogP contribution < -0.4 is 5.32 Å². The second kappa shape index (κ2) is 9.17. The van der Waals surface area contributed by atoms with E-state index in [1.165, 1.54) is 4.68 Å². The summed E-state index contributed by atoms with van der Waals surface area (Å²) in [7, 11) is 0. The number of ether oxygens (including phenoxy) is 1. The summed E-state index contributed by atoms with van der Waals surface area (Å²) >= 11 is 0.994. The van der Waals surface area contributed by atoms with Gasteiger partial charge in [0.05, 0.1) is 35.2 Å². The molecule has 0 saturated heterocycles. The number of anilines is 1. The summed E-state index contributed by atoms with van der Waals surface area (Å²) < 4.78 is 6.54. The van der Waals surface area contributed by atoms with Gasteiger partial charge in [0.15, 0.2) is 5.82 Å². The first-order valence-electron chi connectivity index (χ1n) is 8.13. The van der Waals surface area contributed by atoms with Crippen LogP contribution in [0.15, 0.2) is 18.3 Å². The number of aryl methyl sites for hydroxylation is 1. The van der Waals surface area contributed by atoms with Crippen LogP contribution in [0.4, 0.5) is 5.69 Å². The normalized spacial score (nSPS) is 10.5. The minimum atomic E-state index is -0.982. The molecule has 2 aromatic heterocycles. The van der Waals surface area contributed by atoms with Crippen LogP contribution in [0.2, 0.25) is 0 Å². The third kappa shape index (κ3) is 5.07. The van der Waals surface area contributed by atoms with Gasteiger partial charge in [0.2, 0.25) is 5.91 Å². The van der Waals surface area contributed by atoms with Crippen LogP contribution in [-0.4, -0.2) is 55.8 Å². The molecule has 0 aliphatic carbocycles. The number of hydrogen-bond acceptors (Lipinski definition) is 7. The van der Waals surface area contributed by atoms with E-state index in [4.69, 9.17) is 9.84 Å². The zero-order valence-electron chi connectivity index (χ0n) is 15.2. The van der Waals surface area contributed by atoms with Crippen molar-refractivity contribution in [3.8, 4) is 5.82 Å². The van der Waals surface area contributed by atoms with Crippen molar-refractivity contribution in [2.24, 2.45) is 0 Å². The quantitative estimate of drug-likeness (QED) is 0.652. The molecule has 2 N–H and O–H groups in total. The number of nitrogens with one attached hydrogen (secondary N) is 1. The Hall–Kier alpha value is -2.88. The van der Waals surface area contributed by atoms with E-state index in [0.29, 0.717) is 28.5 Å². The van der Waals surface area contributed by atoms with Crippen LogP contribution in [0.3, 0.4) is 0 Å². The first kappa shape index (κ1) is 20.4. The molecule has 144 valence electrons. The molecule has 0 aliphatic rings. The van der Waals surface area contributed by atoms with Crippen molar-refractivity contribution in [3.63, 3.8) is 0 Å². The van der Waals surface area contributed by atoms with Gasteiger partial charge in [-0.05, 0) is 32.9 Å².